The molecule has 0 saturated carbocycles. The Hall–Kier alpha value is -14.7. The maximum atomic E-state index is 11.7. The van der Waals surface area contributed by atoms with E-state index in [4.69, 9.17) is 0 Å². The van der Waals surface area contributed by atoms with Gasteiger partial charge >= 0.3 is 0 Å². The molecular weight excluding hydrogens is 1650 g/mol. The molecule has 0 spiro atoms. The summed E-state index contributed by atoms with van der Waals surface area (Å²) in [5.41, 5.74) is 29.8. The molecule has 18 heteroatoms. The van der Waals surface area contributed by atoms with Gasteiger partial charge in [0.2, 0.25) is 5.69 Å². The van der Waals surface area contributed by atoms with Crippen molar-refractivity contribution in [3.05, 3.63) is 425 Å². The van der Waals surface area contributed by atoms with Gasteiger partial charge in [-0.15, -0.1) is 0 Å². The minimum absolute atomic E-state index is 0.0168. The fourth-order valence-corrected chi connectivity index (χ4v) is 16.1. The lowest BCUT2D eigenvalue weighted by Gasteiger charge is -2.26. The van der Waals surface area contributed by atoms with E-state index in [-0.39, 0.29) is 11.1 Å². The Morgan fingerprint density at radius 2 is 0.896 bits per heavy atom. The molecule has 134 heavy (non-hydrogen) atoms. The van der Waals surface area contributed by atoms with Gasteiger partial charge in [0.1, 0.15) is 19.1 Å². The van der Waals surface area contributed by atoms with Crippen molar-refractivity contribution in [1.29, 1.82) is 0 Å². The number of nitrogens with zero attached hydrogens (tertiary/aromatic N) is 14. The van der Waals surface area contributed by atoms with Crippen molar-refractivity contribution >= 4 is 98.0 Å². The van der Waals surface area contributed by atoms with Crippen LogP contribution in [0.2, 0.25) is 0 Å². The average Bonchev–Trinajstić information content (AvgIpc) is 0.861. The molecular formula is C116H128N15O3+3. The Bertz CT molecular complexity index is 7010. The predicted molar refractivity (Wildman–Crippen MR) is 553 cm³/mol. The third-order valence-corrected chi connectivity index (χ3v) is 24.9. The van der Waals surface area contributed by atoms with Crippen LogP contribution in [0.15, 0.2) is 301 Å². The van der Waals surface area contributed by atoms with Crippen LogP contribution in [0.5, 0.6) is 0 Å². The molecule has 2 aliphatic heterocycles. The number of fused-ring (bicyclic) bond motifs is 11. The van der Waals surface area contributed by atoms with Gasteiger partial charge in [-0.1, -0.05) is 140 Å². The van der Waals surface area contributed by atoms with E-state index in [0.29, 0.717) is 5.39 Å². The number of rotatable bonds is 0. The highest BCUT2D eigenvalue weighted by atomic mass is 16.5. The Morgan fingerprint density at radius 1 is 0.373 bits per heavy atom. The molecule has 20 aromatic rings. The number of para-hydroxylation sites is 4. The molecule has 0 amide bonds. The summed E-state index contributed by atoms with van der Waals surface area (Å²) in [6.45, 7) is 37.4. The van der Waals surface area contributed by atoms with E-state index >= 15 is 0 Å². The van der Waals surface area contributed by atoms with Crippen LogP contribution < -0.4 is 25.0 Å². The van der Waals surface area contributed by atoms with Gasteiger partial charge in [-0.2, -0.15) is 0 Å². The van der Waals surface area contributed by atoms with Crippen LogP contribution in [0.3, 0.4) is 0 Å². The summed E-state index contributed by atoms with van der Waals surface area (Å²) in [5.74, 6) is 1.78. The van der Waals surface area contributed by atoms with E-state index in [1.165, 1.54) is 108 Å². The second-order valence-corrected chi connectivity index (χ2v) is 35.1. The average molecular weight is 1780 g/mol. The van der Waals surface area contributed by atoms with Crippen molar-refractivity contribution in [2.45, 2.75) is 137 Å². The molecule has 13 heterocycles. The normalized spacial score (nSPS) is 11.8. The molecule has 0 saturated heterocycles. The number of aryl methyl sites for hydroxylation is 17. The van der Waals surface area contributed by atoms with Crippen LogP contribution in [0.1, 0.15) is 113 Å². The Kier molecular flexibility index (Phi) is 33.7. The minimum Gasteiger partial charge on any atom is -0.359 e. The zero-order valence-corrected chi connectivity index (χ0v) is 82.0. The Morgan fingerprint density at radius 3 is 1.55 bits per heavy atom. The van der Waals surface area contributed by atoms with E-state index in [1.807, 2.05) is 188 Å². The Labute approximate surface area is 788 Å². The smallest absolute Gasteiger partial charge is 0.295 e. The van der Waals surface area contributed by atoms with Gasteiger partial charge in [-0.05, 0) is 298 Å². The van der Waals surface area contributed by atoms with E-state index < -0.39 is 0 Å². The first-order valence-electron chi connectivity index (χ1n) is 45.7. The van der Waals surface area contributed by atoms with Crippen molar-refractivity contribution in [3.8, 4) is 0 Å². The van der Waals surface area contributed by atoms with E-state index in [9.17, 15) is 14.8 Å². The summed E-state index contributed by atoms with van der Waals surface area (Å²) >= 11 is 0. The summed E-state index contributed by atoms with van der Waals surface area (Å²) in [6, 6.07) is 88.0. The summed E-state index contributed by atoms with van der Waals surface area (Å²) in [5, 5.41) is 22.0. The van der Waals surface area contributed by atoms with Crippen molar-refractivity contribution in [3.63, 3.8) is 0 Å². The molecule has 0 bridgehead atoms. The van der Waals surface area contributed by atoms with Crippen molar-refractivity contribution in [2.75, 3.05) is 27.2 Å². The quantitative estimate of drug-likeness (QED) is 0.108. The standard InChI is InChI=1S/C11H11NO.C11H12NO.2C11H15N.C11H12N.C11H11N.C10H10N2O.2C10H10N2.C10H11N2.C10H11N/c1-8-7-9-5-3-4-6-10(9)11(13)12(8)2;1-8-7-10-5-3-4-6-11(10)12(13)9(8)2;2*1-9-4-3-5-10-6-7-12(2)8-11(9)10;1-9-7-10-5-3-4-6-11(10)8-12(9)2;1-8-7-9(2)12-11-6-4-3-5-10(8)11;1-7-11-9-6-4-3-5-8(9)10(13)12(7)2;1-7-5-9-3-4-11-6-10(9)12-8(7)2;1-7-6-9-4-3-5-11-10(9)12-8(7)2;1-8-11-10-6-4-3-5-9(10)7-12(8)2;1-7-4-3-5-10-9(7)6-8(2)11-10/h3-7H,1-2H3;3-7,13H,1-2H3;2*3-5H,6-8H2,1-2H3;3-8H,1-2H3;3-7H,1-2H3;3-6H,1-2H3;2*3-6H,1-2H3;3-7H,1-2H3;3-6,11H,1-2H3/q;+1;;;+1;;;;;+1;. The number of H-pyrrole nitrogens is 1. The summed E-state index contributed by atoms with van der Waals surface area (Å²) in [7, 11) is 12.0. The molecule has 2 aliphatic rings. The van der Waals surface area contributed by atoms with Gasteiger partial charge in [-0.3, -0.25) is 34.3 Å². The first-order valence-corrected chi connectivity index (χ1v) is 45.7. The zero-order valence-electron chi connectivity index (χ0n) is 82.0. The second kappa shape index (κ2) is 45.9. The largest absolute Gasteiger partial charge is 0.359 e. The van der Waals surface area contributed by atoms with Gasteiger partial charge in [0.25, 0.3) is 22.5 Å². The molecule has 0 atom stereocenters. The number of likely N-dealkylation sites (N-methyl/N-ethyl adjacent to an activating group) is 2. The maximum Gasteiger partial charge on any atom is 0.295 e. The first-order chi connectivity index (χ1) is 64.3. The highest BCUT2D eigenvalue weighted by Crippen LogP contribution is 2.26. The second-order valence-electron chi connectivity index (χ2n) is 35.1. The Balaban J connectivity index is 0.000000133. The molecule has 0 unspecified atom stereocenters. The predicted octanol–water partition coefficient (Wildman–Crippen LogP) is 22.5. The fraction of sp³-hybridized carbons (Fsp3) is 0.241. The SMILES string of the molecule is Cc1cc(C)c2ccccc2n1.Cc1cc2c(C)cccc2[nH]1.Cc1cc2ccccc2[n+](O)c1C.Cc1cc2ccccc2c(=O)n1C.Cc1cc2ccccc2c[n+]1C.Cc1cc2cccnc2nc1C.Cc1cc2ccncc2nc1C.Cc1cccc2c1CN(C)CC2.Cc1cccc2c1CN(C)CC2.Cc1nc2ccccc2c(=O)n1C.Cc1nc2ccccc2c[n+]1C. The van der Waals surface area contributed by atoms with Gasteiger partial charge in [0.05, 0.1) is 46.0 Å². The van der Waals surface area contributed by atoms with Crippen LogP contribution in [-0.4, -0.2) is 91.2 Å². The molecule has 0 radical (unpaired) electrons. The lowest BCUT2D eigenvalue weighted by molar-refractivity contribution is -0.889. The topological polar surface area (TPSA) is 188 Å². The van der Waals surface area contributed by atoms with Crippen LogP contribution in [0.4, 0.5) is 0 Å². The molecule has 2 N–H and O–H groups in total. The molecule has 9 aromatic carbocycles. The number of benzene rings is 9. The molecule has 682 valence electrons. The minimum atomic E-state index is 0.0168. The van der Waals surface area contributed by atoms with E-state index in [0.717, 1.165) is 119 Å². The third-order valence-electron chi connectivity index (χ3n) is 24.9. The monoisotopic (exact) mass is 1780 g/mol. The number of hydrogen-bond acceptors (Lipinski definition) is 12. The molecule has 0 aliphatic carbocycles. The fourth-order valence-electron chi connectivity index (χ4n) is 16.1. The van der Waals surface area contributed by atoms with Crippen LogP contribution in [0.25, 0.3) is 98.0 Å². The molecule has 11 aromatic heterocycles. The third kappa shape index (κ3) is 25.5. The van der Waals surface area contributed by atoms with Gasteiger partial charge in [-0.25, -0.2) is 24.1 Å². The highest BCUT2D eigenvalue weighted by Gasteiger charge is 2.18. The number of hydrogen-bond donors (Lipinski definition) is 2. The number of pyridine rings is 8. The summed E-state index contributed by atoms with van der Waals surface area (Å²) in [6.07, 6.45) is 12.0. The van der Waals surface area contributed by atoms with Gasteiger partial charge < -0.3 is 19.4 Å². The number of aromatic amines is 1. The lowest BCUT2D eigenvalue weighted by Crippen LogP contribution is -2.35. The van der Waals surface area contributed by atoms with Gasteiger partial charge in [0.15, 0.2) is 23.1 Å². The molecule has 18 nitrogen and oxygen atoms in total. The lowest BCUT2D eigenvalue weighted by atomic mass is 9.96. The number of nitrogens with one attached hydrogen (secondary N) is 1. The van der Waals surface area contributed by atoms with Gasteiger partial charge in [0, 0.05) is 162 Å². The van der Waals surface area contributed by atoms with Crippen molar-refractivity contribution in [1.82, 2.24) is 58.8 Å². The molecule has 22 rings (SSSR count). The van der Waals surface area contributed by atoms with Crippen molar-refractivity contribution < 1.29 is 19.1 Å². The summed E-state index contributed by atoms with van der Waals surface area (Å²) < 4.78 is 8.64. The number of aromatic nitrogens is 13. The van der Waals surface area contributed by atoms with Crippen molar-refractivity contribution in [2.24, 2.45) is 28.2 Å². The van der Waals surface area contributed by atoms with Crippen LogP contribution >= 0.6 is 0 Å². The first kappa shape index (κ1) is 98.3. The maximum absolute atomic E-state index is 11.7. The zero-order chi connectivity index (χ0) is 96.0. The van der Waals surface area contributed by atoms with Crippen LogP contribution in [-0.2, 0) is 54.1 Å². The summed E-state index contributed by atoms with van der Waals surface area (Å²) in [4.78, 5) is 61.6. The van der Waals surface area contributed by atoms with Crippen LogP contribution in [0, 0.1) is 111 Å². The highest BCUT2D eigenvalue weighted by molar-refractivity contribution is 5.86. The van der Waals surface area contributed by atoms with E-state index in [2.05, 4.69) is 277 Å². The van der Waals surface area contributed by atoms with E-state index in [1.54, 1.807) is 70.1 Å². The molecule has 0 fully saturated rings.